The van der Waals surface area contributed by atoms with E-state index in [1.54, 1.807) is 12.1 Å². The lowest BCUT2D eigenvalue weighted by Crippen LogP contribution is -2.13. The van der Waals surface area contributed by atoms with Gasteiger partial charge in [0.2, 0.25) is 0 Å². The van der Waals surface area contributed by atoms with Crippen molar-refractivity contribution in [1.29, 1.82) is 0 Å². The summed E-state index contributed by atoms with van der Waals surface area (Å²) in [5.74, 6) is 1.42. The van der Waals surface area contributed by atoms with Gasteiger partial charge >= 0.3 is 5.97 Å². The summed E-state index contributed by atoms with van der Waals surface area (Å²) in [6.07, 6.45) is 12.9. The molecule has 0 atom stereocenters. The number of hydrogen-bond acceptors (Lipinski definition) is 4. The molecule has 224 valence electrons. The fourth-order valence-electron chi connectivity index (χ4n) is 6.08. The Labute approximate surface area is 250 Å². The first-order valence-electron chi connectivity index (χ1n) is 15.6. The molecule has 5 heteroatoms. The average molecular weight is 573 g/mol. The van der Waals surface area contributed by atoms with Crippen molar-refractivity contribution in [2.24, 2.45) is 5.92 Å². The zero-order chi connectivity index (χ0) is 29.7. The molecule has 0 aromatic heterocycles. The highest BCUT2D eigenvalue weighted by molar-refractivity contribution is 5.81. The van der Waals surface area contributed by atoms with Crippen LogP contribution in [0.3, 0.4) is 0 Å². The summed E-state index contributed by atoms with van der Waals surface area (Å²) in [5.41, 5.74) is 5.39. The maximum Gasteiger partial charge on any atom is 0.330 e. The fraction of sp³-hybridized carbons (Fsp3) is 0.432. The molecule has 0 saturated heterocycles. The molecule has 1 aliphatic carbocycles. The minimum Gasteiger partial charge on any atom is -0.491 e. The Morgan fingerprint density at radius 1 is 0.929 bits per heavy atom. The number of esters is 1. The lowest BCUT2D eigenvalue weighted by atomic mass is 9.77. The van der Waals surface area contributed by atoms with Gasteiger partial charge in [0.05, 0.1) is 13.2 Å². The van der Waals surface area contributed by atoms with Gasteiger partial charge in [0.1, 0.15) is 18.2 Å². The Bertz CT molecular complexity index is 1290. The van der Waals surface area contributed by atoms with Crippen LogP contribution < -0.4 is 4.74 Å². The van der Waals surface area contributed by atoms with Gasteiger partial charge in [-0.3, -0.25) is 0 Å². The van der Waals surface area contributed by atoms with Gasteiger partial charge in [0.25, 0.3) is 0 Å². The lowest BCUT2D eigenvalue weighted by Gasteiger charge is -2.29. The second-order valence-electron chi connectivity index (χ2n) is 11.4. The van der Waals surface area contributed by atoms with Crippen LogP contribution in [0, 0.1) is 11.7 Å². The lowest BCUT2D eigenvalue weighted by molar-refractivity contribution is -0.137. The van der Waals surface area contributed by atoms with E-state index in [4.69, 9.17) is 9.47 Å². The van der Waals surface area contributed by atoms with Crippen LogP contribution in [0.15, 0.2) is 73.3 Å². The summed E-state index contributed by atoms with van der Waals surface area (Å²) in [7, 11) is 0. The average Bonchev–Trinajstić information content (AvgIpc) is 3.02. The SMILES string of the molecule is C=CC(=O)OCCCc1cc(-c2ccc(-c3ccc(C4CCC(CCCCC)CC4)cc3)cc2F)ccc1OCCO. The number of rotatable bonds is 15. The van der Waals surface area contributed by atoms with E-state index in [2.05, 4.69) is 37.8 Å². The van der Waals surface area contributed by atoms with E-state index in [1.807, 2.05) is 24.3 Å². The highest BCUT2D eigenvalue weighted by Crippen LogP contribution is 2.38. The Morgan fingerprint density at radius 3 is 2.36 bits per heavy atom. The minimum absolute atomic E-state index is 0.102. The van der Waals surface area contributed by atoms with E-state index in [-0.39, 0.29) is 25.6 Å². The van der Waals surface area contributed by atoms with Crippen LogP contribution in [0.1, 0.15) is 81.8 Å². The van der Waals surface area contributed by atoms with Crippen molar-refractivity contribution in [3.05, 3.63) is 90.3 Å². The second kappa shape index (κ2) is 16.3. The first-order chi connectivity index (χ1) is 20.5. The third-order valence-electron chi connectivity index (χ3n) is 8.47. The highest BCUT2D eigenvalue weighted by atomic mass is 19.1. The summed E-state index contributed by atoms with van der Waals surface area (Å²) in [5, 5.41) is 9.19. The van der Waals surface area contributed by atoms with E-state index in [9.17, 15) is 9.90 Å². The number of halogens is 1. The molecule has 4 rings (SSSR count). The molecule has 0 radical (unpaired) electrons. The van der Waals surface area contributed by atoms with E-state index in [0.29, 0.717) is 30.1 Å². The maximum absolute atomic E-state index is 15.5. The van der Waals surface area contributed by atoms with Crippen LogP contribution in [0.25, 0.3) is 22.3 Å². The van der Waals surface area contributed by atoms with Crippen molar-refractivity contribution >= 4 is 5.97 Å². The molecule has 1 fully saturated rings. The van der Waals surface area contributed by atoms with Gasteiger partial charge in [-0.25, -0.2) is 9.18 Å². The van der Waals surface area contributed by atoms with Crippen LogP contribution in [0.5, 0.6) is 5.75 Å². The summed E-state index contributed by atoms with van der Waals surface area (Å²) in [6.45, 7) is 5.99. The molecule has 3 aromatic carbocycles. The van der Waals surface area contributed by atoms with Crippen molar-refractivity contribution in [3.63, 3.8) is 0 Å². The smallest absolute Gasteiger partial charge is 0.330 e. The molecular formula is C37H45FO4. The number of carbonyl (C=O) groups excluding carboxylic acids is 1. The molecule has 0 bridgehead atoms. The molecule has 0 aliphatic heterocycles. The number of unbranched alkanes of at least 4 members (excludes halogenated alkanes) is 2. The quantitative estimate of drug-likeness (QED) is 0.112. The Kier molecular flexibility index (Phi) is 12.2. The van der Waals surface area contributed by atoms with E-state index in [0.717, 1.165) is 34.2 Å². The van der Waals surface area contributed by atoms with Crippen molar-refractivity contribution in [3.8, 4) is 28.0 Å². The summed E-state index contributed by atoms with van der Waals surface area (Å²) >= 11 is 0. The predicted octanol–water partition coefficient (Wildman–Crippen LogP) is 9.05. The third-order valence-corrected chi connectivity index (χ3v) is 8.47. The number of aliphatic hydroxyl groups is 1. The summed E-state index contributed by atoms with van der Waals surface area (Å²) < 4.78 is 26.3. The molecule has 0 spiro atoms. The Hall–Kier alpha value is -3.44. The Morgan fingerprint density at radius 2 is 1.67 bits per heavy atom. The number of aryl methyl sites for hydroxylation is 1. The topological polar surface area (TPSA) is 55.8 Å². The summed E-state index contributed by atoms with van der Waals surface area (Å²) in [6, 6.07) is 19.7. The molecule has 0 heterocycles. The molecule has 0 unspecified atom stereocenters. The number of ether oxygens (including phenoxy) is 2. The van der Waals surface area contributed by atoms with Gasteiger partial charge in [-0.1, -0.05) is 81.7 Å². The largest absolute Gasteiger partial charge is 0.491 e. The Balaban J connectivity index is 1.42. The van der Waals surface area contributed by atoms with Crippen LogP contribution >= 0.6 is 0 Å². The normalized spacial score (nSPS) is 16.6. The van der Waals surface area contributed by atoms with Gasteiger partial charge in [-0.2, -0.15) is 0 Å². The van der Waals surface area contributed by atoms with Gasteiger partial charge in [-0.05, 0) is 96.4 Å². The number of carbonyl (C=O) groups is 1. The highest BCUT2D eigenvalue weighted by Gasteiger charge is 2.22. The van der Waals surface area contributed by atoms with Crippen molar-refractivity contribution < 1.29 is 23.8 Å². The standard InChI is InChI=1S/C37H45FO4/c1-3-5-6-8-27-10-12-28(13-11-27)29-14-16-30(17-15-29)31-18-20-34(35(38)26-31)32-19-21-36(41-24-22-39)33(25-32)9-7-23-42-37(40)4-2/h4,14-21,25-28,39H,2-3,5-13,22-24H2,1H3. The van der Waals surface area contributed by atoms with E-state index in [1.165, 1.54) is 56.9 Å². The number of benzene rings is 3. The molecule has 1 saturated carbocycles. The van der Waals surface area contributed by atoms with Crippen molar-refractivity contribution in [2.75, 3.05) is 19.8 Å². The zero-order valence-corrected chi connectivity index (χ0v) is 25.0. The van der Waals surface area contributed by atoms with Crippen LogP contribution in [0.4, 0.5) is 4.39 Å². The number of hydrogen-bond donors (Lipinski definition) is 1. The molecule has 1 aliphatic rings. The molecule has 3 aromatic rings. The van der Waals surface area contributed by atoms with Crippen LogP contribution in [0.2, 0.25) is 0 Å². The molecule has 1 N–H and O–H groups in total. The second-order valence-corrected chi connectivity index (χ2v) is 11.4. The van der Waals surface area contributed by atoms with E-state index < -0.39 is 5.97 Å². The molecular weight excluding hydrogens is 527 g/mol. The predicted molar refractivity (Wildman–Crippen MR) is 168 cm³/mol. The minimum atomic E-state index is -0.461. The van der Waals surface area contributed by atoms with Crippen LogP contribution in [-0.4, -0.2) is 30.9 Å². The summed E-state index contributed by atoms with van der Waals surface area (Å²) in [4.78, 5) is 11.3. The molecule has 4 nitrogen and oxygen atoms in total. The van der Waals surface area contributed by atoms with Gasteiger partial charge < -0.3 is 14.6 Å². The maximum atomic E-state index is 15.5. The van der Waals surface area contributed by atoms with Gasteiger partial charge in [0, 0.05) is 11.6 Å². The number of aliphatic hydroxyl groups excluding tert-OH is 1. The van der Waals surface area contributed by atoms with Crippen LogP contribution in [-0.2, 0) is 16.0 Å². The third kappa shape index (κ3) is 8.78. The monoisotopic (exact) mass is 572 g/mol. The van der Waals surface area contributed by atoms with Crippen molar-refractivity contribution in [2.45, 2.75) is 77.0 Å². The van der Waals surface area contributed by atoms with Gasteiger partial charge in [0.15, 0.2) is 0 Å². The van der Waals surface area contributed by atoms with Crippen molar-refractivity contribution in [1.82, 2.24) is 0 Å². The van der Waals surface area contributed by atoms with E-state index >= 15 is 4.39 Å². The molecule has 42 heavy (non-hydrogen) atoms. The fourth-order valence-corrected chi connectivity index (χ4v) is 6.08. The first kappa shape index (κ1) is 31.5. The molecule has 0 amide bonds. The zero-order valence-electron chi connectivity index (χ0n) is 25.0. The first-order valence-corrected chi connectivity index (χ1v) is 15.6. The van der Waals surface area contributed by atoms with Gasteiger partial charge in [-0.15, -0.1) is 0 Å².